The molecular weight excluding hydrogens is 326 g/mol. The van der Waals surface area contributed by atoms with Gasteiger partial charge >= 0.3 is 11.7 Å². The Morgan fingerprint density at radius 2 is 1.88 bits per heavy atom. The number of carbonyl (C=O) groups excluding carboxylic acids is 1. The maximum absolute atomic E-state index is 11.6. The van der Waals surface area contributed by atoms with Gasteiger partial charge < -0.3 is 15.4 Å². The molecule has 0 aliphatic carbocycles. The Balaban J connectivity index is 2.27. The van der Waals surface area contributed by atoms with E-state index in [0.717, 1.165) is 0 Å². The number of carbonyl (C=O) groups is 1. The van der Waals surface area contributed by atoms with Crippen molar-refractivity contribution < 1.29 is 14.5 Å². The Hall–Kier alpha value is -3.23. The van der Waals surface area contributed by atoms with Crippen LogP contribution in [0.2, 0.25) is 0 Å². The molecule has 9 nitrogen and oxygen atoms in total. The summed E-state index contributed by atoms with van der Waals surface area (Å²) < 4.78 is 4.91. The van der Waals surface area contributed by atoms with Crippen molar-refractivity contribution in [1.29, 1.82) is 0 Å². The molecule has 2 N–H and O–H groups in total. The zero-order valence-corrected chi connectivity index (χ0v) is 14.1. The molecule has 0 spiro atoms. The zero-order chi connectivity index (χ0) is 18.4. The summed E-state index contributed by atoms with van der Waals surface area (Å²) in [5.74, 6) is -0.224. The van der Waals surface area contributed by atoms with Crippen LogP contribution in [-0.4, -0.2) is 33.5 Å². The molecule has 1 heterocycles. The first-order chi connectivity index (χ1) is 11.9. The van der Waals surface area contributed by atoms with Crippen LogP contribution in [0.25, 0.3) is 0 Å². The molecule has 1 aromatic carbocycles. The fourth-order valence-corrected chi connectivity index (χ4v) is 2.06. The Morgan fingerprint density at radius 3 is 2.44 bits per heavy atom. The van der Waals surface area contributed by atoms with E-state index >= 15 is 0 Å². The van der Waals surface area contributed by atoms with Gasteiger partial charge in [-0.15, -0.1) is 0 Å². The van der Waals surface area contributed by atoms with Crippen molar-refractivity contribution in [2.75, 3.05) is 17.2 Å². The molecule has 0 amide bonds. The maximum atomic E-state index is 11.6. The van der Waals surface area contributed by atoms with Crippen LogP contribution in [-0.2, 0) is 4.74 Å². The third kappa shape index (κ3) is 4.63. The van der Waals surface area contributed by atoms with E-state index in [4.69, 9.17) is 4.74 Å². The number of nitro groups is 1. The first kappa shape index (κ1) is 18.1. The summed E-state index contributed by atoms with van der Waals surface area (Å²) in [6.45, 7) is 5.72. The average molecular weight is 345 g/mol. The fourth-order valence-electron chi connectivity index (χ4n) is 2.06. The van der Waals surface area contributed by atoms with Crippen LogP contribution in [0, 0.1) is 10.1 Å². The predicted molar refractivity (Wildman–Crippen MR) is 93.1 cm³/mol. The molecule has 0 unspecified atom stereocenters. The van der Waals surface area contributed by atoms with Crippen LogP contribution in [0.5, 0.6) is 0 Å². The van der Waals surface area contributed by atoms with E-state index in [9.17, 15) is 14.9 Å². The monoisotopic (exact) mass is 345 g/mol. The highest BCUT2D eigenvalue weighted by atomic mass is 16.6. The number of ether oxygens (including phenoxy) is 1. The number of rotatable bonds is 7. The van der Waals surface area contributed by atoms with Gasteiger partial charge in [0.15, 0.2) is 0 Å². The van der Waals surface area contributed by atoms with Gasteiger partial charge in [-0.1, -0.05) is 0 Å². The Morgan fingerprint density at radius 1 is 1.24 bits per heavy atom. The van der Waals surface area contributed by atoms with E-state index < -0.39 is 10.9 Å². The molecule has 25 heavy (non-hydrogen) atoms. The number of hydrogen-bond acceptors (Lipinski definition) is 8. The number of esters is 1. The van der Waals surface area contributed by atoms with Crippen LogP contribution in [0.3, 0.4) is 0 Å². The van der Waals surface area contributed by atoms with Crippen LogP contribution in [0.1, 0.15) is 31.1 Å². The van der Waals surface area contributed by atoms with Crippen molar-refractivity contribution in [3.05, 3.63) is 46.3 Å². The van der Waals surface area contributed by atoms with Gasteiger partial charge in [-0.2, -0.15) is 0 Å². The van der Waals surface area contributed by atoms with E-state index in [1.165, 1.54) is 6.33 Å². The van der Waals surface area contributed by atoms with Gasteiger partial charge in [-0.05, 0) is 45.0 Å². The first-order valence-corrected chi connectivity index (χ1v) is 7.72. The lowest BCUT2D eigenvalue weighted by Gasteiger charge is -2.12. The van der Waals surface area contributed by atoms with Crippen molar-refractivity contribution >= 4 is 29.0 Å². The number of aromatic nitrogens is 2. The molecule has 132 valence electrons. The van der Waals surface area contributed by atoms with Crippen molar-refractivity contribution in [3.8, 4) is 0 Å². The highest BCUT2D eigenvalue weighted by Crippen LogP contribution is 2.31. The number of hydrogen-bond donors (Lipinski definition) is 2. The standard InChI is InChI=1S/C16H19N5O4/c1-4-25-16(22)11-5-7-12(8-6-11)20-15-13(21(23)24)14(17-9-18-15)19-10(2)3/h5-10H,4H2,1-3H3,(H2,17,18,19,20). The second-order valence-corrected chi connectivity index (χ2v) is 5.40. The van der Waals surface area contributed by atoms with Gasteiger partial charge in [0, 0.05) is 11.7 Å². The summed E-state index contributed by atoms with van der Waals surface area (Å²) in [4.78, 5) is 30.4. The lowest BCUT2D eigenvalue weighted by molar-refractivity contribution is -0.383. The van der Waals surface area contributed by atoms with E-state index in [1.54, 1.807) is 31.2 Å². The summed E-state index contributed by atoms with van der Waals surface area (Å²) >= 11 is 0. The minimum absolute atomic E-state index is 0.0229. The van der Waals surface area contributed by atoms with Gasteiger partial charge in [0.1, 0.15) is 6.33 Å². The van der Waals surface area contributed by atoms with E-state index in [1.807, 2.05) is 13.8 Å². The summed E-state index contributed by atoms with van der Waals surface area (Å²) in [6, 6.07) is 6.35. The second-order valence-electron chi connectivity index (χ2n) is 5.40. The van der Waals surface area contributed by atoms with Gasteiger partial charge in [-0.25, -0.2) is 14.8 Å². The highest BCUT2D eigenvalue weighted by molar-refractivity contribution is 5.90. The topological polar surface area (TPSA) is 119 Å². The van der Waals surface area contributed by atoms with Crippen LogP contribution < -0.4 is 10.6 Å². The lowest BCUT2D eigenvalue weighted by atomic mass is 10.2. The van der Waals surface area contributed by atoms with Gasteiger partial charge in [-0.3, -0.25) is 10.1 Å². The SMILES string of the molecule is CCOC(=O)c1ccc(Nc2ncnc(NC(C)C)c2[N+](=O)[O-])cc1. The summed E-state index contributed by atoms with van der Waals surface area (Å²) in [7, 11) is 0. The molecule has 0 saturated carbocycles. The van der Waals surface area contributed by atoms with Gasteiger partial charge in [0.25, 0.3) is 0 Å². The van der Waals surface area contributed by atoms with E-state index in [0.29, 0.717) is 11.3 Å². The van der Waals surface area contributed by atoms with Crippen molar-refractivity contribution in [2.45, 2.75) is 26.8 Å². The molecule has 0 fully saturated rings. The number of anilines is 3. The minimum Gasteiger partial charge on any atom is -0.462 e. The number of nitrogens with one attached hydrogen (secondary N) is 2. The number of benzene rings is 1. The molecule has 0 saturated heterocycles. The Labute approximate surface area is 144 Å². The van der Waals surface area contributed by atoms with Gasteiger partial charge in [0.2, 0.25) is 11.6 Å². The zero-order valence-electron chi connectivity index (χ0n) is 14.1. The predicted octanol–water partition coefficient (Wildman–Crippen LogP) is 3.13. The molecule has 1 aromatic heterocycles. The summed E-state index contributed by atoms with van der Waals surface area (Å²) in [5, 5.41) is 17.2. The normalized spacial score (nSPS) is 10.4. The molecule has 0 radical (unpaired) electrons. The molecule has 2 rings (SSSR count). The first-order valence-electron chi connectivity index (χ1n) is 7.72. The van der Waals surface area contributed by atoms with E-state index in [2.05, 4.69) is 20.6 Å². The van der Waals surface area contributed by atoms with Crippen LogP contribution in [0.15, 0.2) is 30.6 Å². The number of nitrogens with zero attached hydrogens (tertiary/aromatic N) is 3. The van der Waals surface area contributed by atoms with Crippen molar-refractivity contribution in [3.63, 3.8) is 0 Å². The second kappa shape index (κ2) is 8.04. The highest BCUT2D eigenvalue weighted by Gasteiger charge is 2.23. The van der Waals surface area contributed by atoms with Crippen LogP contribution >= 0.6 is 0 Å². The molecule has 0 aliphatic rings. The molecule has 9 heteroatoms. The van der Waals surface area contributed by atoms with Crippen molar-refractivity contribution in [1.82, 2.24) is 9.97 Å². The summed E-state index contributed by atoms with van der Waals surface area (Å²) in [5.41, 5.74) is 0.697. The quantitative estimate of drug-likeness (QED) is 0.446. The minimum atomic E-state index is -0.542. The maximum Gasteiger partial charge on any atom is 0.353 e. The fraction of sp³-hybridized carbons (Fsp3) is 0.312. The van der Waals surface area contributed by atoms with Gasteiger partial charge in [0.05, 0.1) is 17.1 Å². The lowest BCUT2D eigenvalue weighted by Crippen LogP contribution is -2.14. The van der Waals surface area contributed by atoms with Crippen molar-refractivity contribution in [2.24, 2.45) is 0 Å². The Bertz CT molecular complexity index is 762. The van der Waals surface area contributed by atoms with Crippen LogP contribution in [0.4, 0.5) is 23.0 Å². The Kier molecular flexibility index (Phi) is 5.83. The molecular formula is C16H19N5O4. The third-order valence-corrected chi connectivity index (χ3v) is 3.09. The summed E-state index contributed by atoms with van der Waals surface area (Å²) in [6.07, 6.45) is 1.24. The van der Waals surface area contributed by atoms with E-state index in [-0.39, 0.29) is 30.0 Å². The smallest absolute Gasteiger partial charge is 0.353 e. The molecule has 0 bridgehead atoms. The molecule has 0 aliphatic heterocycles. The average Bonchev–Trinajstić information content (AvgIpc) is 2.55. The molecule has 0 atom stereocenters. The largest absolute Gasteiger partial charge is 0.462 e. The molecule has 2 aromatic rings. The third-order valence-electron chi connectivity index (χ3n) is 3.09.